The van der Waals surface area contributed by atoms with Crippen molar-refractivity contribution in [2.75, 3.05) is 0 Å². The van der Waals surface area contributed by atoms with E-state index in [1.165, 1.54) is 0 Å². The van der Waals surface area contributed by atoms with E-state index in [1.54, 1.807) is 25.1 Å². The third-order valence-corrected chi connectivity index (χ3v) is 3.68. The Morgan fingerprint density at radius 1 is 1.00 bits per heavy atom. The number of rotatable bonds is 2. The molecule has 2 aromatic carbocycles. The van der Waals surface area contributed by atoms with E-state index in [1.807, 2.05) is 0 Å². The Bertz CT molecular complexity index is 629. The van der Waals surface area contributed by atoms with Crippen LogP contribution in [0.25, 0.3) is 0 Å². The molecule has 0 spiro atoms. The molecule has 0 heterocycles. The molecule has 0 aliphatic heterocycles. The summed E-state index contributed by atoms with van der Waals surface area (Å²) in [5.41, 5.74) is 1.27. The molecule has 1 unspecified atom stereocenters. The van der Waals surface area contributed by atoms with Gasteiger partial charge < -0.3 is 5.11 Å². The normalized spacial score (nSPS) is 12.5. The molecule has 0 aliphatic rings. The third kappa shape index (κ3) is 2.73. The Morgan fingerprint density at radius 2 is 1.63 bits per heavy atom. The molecule has 0 bridgehead atoms. The van der Waals surface area contributed by atoms with Gasteiger partial charge in [-0.05, 0) is 36.2 Å². The zero-order valence-corrected chi connectivity index (χ0v) is 11.4. The Labute approximate surface area is 119 Å². The van der Waals surface area contributed by atoms with E-state index >= 15 is 0 Å². The average molecular weight is 303 g/mol. The van der Waals surface area contributed by atoms with Crippen LogP contribution in [0.2, 0.25) is 10.0 Å². The molecular formula is C14H10Cl2F2O. The number of halogens is 4. The topological polar surface area (TPSA) is 20.2 Å². The van der Waals surface area contributed by atoms with E-state index in [-0.39, 0.29) is 10.6 Å². The van der Waals surface area contributed by atoms with Gasteiger partial charge in [0.1, 0.15) is 6.10 Å². The van der Waals surface area contributed by atoms with Gasteiger partial charge in [-0.1, -0.05) is 35.3 Å². The standard InChI is InChI=1S/C14H10Cl2F2O/c1-7-8(3-2-4-10(7)15)14(19)9-5-12(17)13(18)6-11(9)16/h2-6,14,19H,1H3. The predicted octanol–water partition coefficient (Wildman–Crippen LogP) is 4.66. The van der Waals surface area contributed by atoms with E-state index < -0.39 is 17.7 Å². The van der Waals surface area contributed by atoms with E-state index in [0.717, 1.165) is 12.1 Å². The third-order valence-electron chi connectivity index (χ3n) is 2.94. The molecule has 2 rings (SSSR count). The summed E-state index contributed by atoms with van der Waals surface area (Å²) in [7, 11) is 0. The van der Waals surface area contributed by atoms with E-state index in [2.05, 4.69) is 0 Å². The van der Waals surface area contributed by atoms with Crippen molar-refractivity contribution in [2.45, 2.75) is 13.0 Å². The minimum Gasteiger partial charge on any atom is -0.384 e. The van der Waals surface area contributed by atoms with Crippen molar-refractivity contribution in [2.24, 2.45) is 0 Å². The van der Waals surface area contributed by atoms with Gasteiger partial charge in [0, 0.05) is 15.6 Å². The van der Waals surface area contributed by atoms with Gasteiger partial charge in [0.05, 0.1) is 0 Å². The molecule has 0 radical (unpaired) electrons. The van der Waals surface area contributed by atoms with E-state index in [4.69, 9.17) is 23.2 Å². The lowest BCUT2D eigenvalue weighted by Gasteiger charge is -2.16. The Balaban J connectivity index is 2.53. The largest absolute Gasteiger partial charge is 0.384 e. The molecule has 0 saturated heterocycles. The number of hydrogen-bond acceptors (Lipinski definition) is 1. The molecule has 2 aromatic rings. The van der Waals surface area contributed by atoms with Crippen molar-refractivity contribution in [1.29, 1.82) is 0 Å². The van der Waals surface area contributed by atoms with Gasteiger partial charge in [-0.3, -0.25) is 0 Å². The molecule has 0 saturated carbocycles. The van der Waals surface area contributed by atoms with Crippen LogP contribution in [0.1, 0.15) is 22.8 Å². The smallest absolute Gasteiger partial charge is 0.160 e. The van der Waals surface area contributed by atoms with Crippen LogP contribution >= 0.6 is 23.2 Å². The van der Waals surface area contributed by atoms with Crippen LogP contribution < -0.4 is 0 Å². The minimum atomic E-state index is -1.17. The average Bonchev–Trinajstić information content (AvgIpc) is 2.36. The van der Waals surface area contributed by atoms with Crippen LogP contribution in [0.4, 0.5) is 8.78 Å². The number of benzene rings is 2. The second-order valence-electron chi connectivity index (χ2n) is 4.14. The van der Waals surface area contributed by atoms with Crippen LogP contribution in [0.5, 0.6) is 0 Å². The van der Waals surface area contributed by atoms with Gasteiger partial charge in [0.2, 0.25) is 0 Å². The van der Waals surface area contributed by atoms with Crippen molar-refractivity contribution >= 4 is 23.2 Å². The summed E-state index contributed by atoms with van der Waals surface area (Å²) in [6.07, 6.45) is -1.17. The number of hydrogen-bond donors (Lipinski definition) is 1. The lowest BCUT2D eigenvalue weighted by atomic mass is 9.97. The first-order chi connectivity index (χ1) is 8.91. The SMILES string of the molecule is Cc1c(Cl)cccc1C(O)c1cc(F)c(F)cc1Cl. The quantitative estimate of drug-likeness (QED) is 0.800. The first-order valence-electron chi connectivity index (χ1n) is 5.49. The van der Waals surface area contributed by atoms with Crippen molar-refractivity contribution in [3.05, 3.63) is 68.7 Å². The summed E-state index contributed by atoms with van der Waals surface area (Å²) >= 11 is 11.8. The lowest BCUT2D eigenvalue weighted by molar-refractivity contribution is 0.219. The molecule has 0 aliphatic carbocycles. The Hall–Kier alpha value is -1.16. The van der Waals surface area contributed by atoms with Gasteiger partial charge in [0.25, 0.3) is 0 Å². The van der Waals surface area contributed by atoms with Gasteiger partial charge in [-0.15, -0.1) is 0 Å². The molecule has 0 amide bonds. The Morgan fingerprint density at radius 3 is 2.32 bits per heavy atom. The molecule has 1 N–H and O–H groups in total. The fourth-order valence-corrected chi connectivity index (χ4v) is 2.27. The van der Waals surface area contributed by atoms with Crippen LogP contribution in [0.3, 0.4) is 0 Å². The molecule has 100 valence electrons. The highest BCUT2D eigenvalue weighted by atomic mass is 35.5. The second-order valence-corrected chi connectivity index (χ2v) is 4.96. The zero-order chi connectivity index (χ0) is 14.2. The maximum absolute atomic E-state index is 13.2. The Kier molecular flexibility index (Phi) is 4.09. The summed E-state index contributed by atoms with van der Waals surface area (Å²) in [5, 5.41) is 10.7. The molecule has 0 fully saturated rings. The number of aliphatic hydroxyl groups is 1. The fourth-order valence-electron chi connectivity index (χ4n) is 1.84. The van der Waals surface area contributed by atoms with Crippen LogP contribution in [0.15, 0.2) is 30.3 Å². The summed E-state index contributed by atoms with van der Waals surface area (Å²) in [6, 6.07) is 6.74. The van der Waals surface area contributed by atoms with E-state index in [9.17, 15) is 13.9 Å². The second kappa shape index (κ2) is 5.45. The maximum Gasteiger partial charge on any atom is 0.160 e. The molecule has 1 nitrogen and oxygen atoms in total. The summed E-state index contributed by atoms with van der Waals surface area (Å²) in [5.74, 6) is -2.11. The van der Waals surface area contributed by atoms with Gasteiger partial charge >= 0.3 is 0 Å². The van der Waals surface area contributed by atoms with Crippen molar-refractivity contribution in [3.63, 3.8) is 0 Å². The minimum absolute atomic E-state index is 0.0363. The highest BCUT2D eigenvalue weighted by Gasteiger charge is 2.19. The number of aliphatic hydroxyl groups excluding tert-OH is 1. The highest BCUT2D eigenvalue weighted by molar-refractivity contribution is 6.32. The van der Waals surface area contributed by atoms with E-state index in [0.29, 0.717) is 16.1 Å². The predicted molar refractivity (Wildman–Crippen MR) is 71.6 cm³/mol. The highest BCUT2D eigenvalue weighted by Crippen LogP contribution is 2.33. The van der Waals surface area contributed by atoms with Crippen LogP contribution in [0, 0.1) is 18.6 Å². The molecule has 5 heteroatoms. The summed E-state index contributed by atoms with van der Waals surface area (Å²) < 4.78 is 26.3. The van der Waals surface area contributed by atoms with Gasteiger partial charge in [-0.2, -0.15) is 0 Å². The molecule has 0 aromatic heterocycles. The first kappa shape index (κ1) is 14.3. The van der Waals surface area contributed by atoms with Gasteiger partial charge in [0.15, 0.2) is 11.6 Å². The first-order valence-corrected chi connectivity index (χ1v) is 6.25. The van der Waals surface area contributed by atoms with Gasteiger partial charge in [-0.25, -0.2) is 8.78 Å². The summed E-state index contributed by atoms with van der Waals surface area (Å²) in [6.45, 7) is 1.73. The lowest BCUT2D eigenvalue weighted by Crippen LogP contribution is -2.04. The van der Waals surface area contributed by atoms with Crippen molar-refractivity contribution in [3.8, 4) is 0 Å². The monoisotopic (exact) mass is 302 g/mol. The molecular weight excluding hydrogens is 293 g/mol. The van der Waals surface area contributed by atoms with Crippen LogP contribution in [-0.4, -0.2) is 5.11 Å². The van der Waals surface area contributed by atoms with Crippen molar-refractivity contribution in [1.82, 2.24) is 0 Å². The zero-order valence-electron chi connectivity index (χ0n) is 9.92. The van der Waals surface area contributed by atoms with Crippen LogP contribution in [-0.2, 0) is 0 Å². The summed E-state index contributed by atoms with van der Waals surface area (Å²) in [4.78, 5) is 0. The fraction of sp³-hybridized carbons (Fsp3) is 0.143. The molecule has 1 atom stereocenters. The van der Waals surface area contributed by atoms with Crippen molar-refractivity contribution < 1.29 is 13.9 Å². The molecule has 19 heavy (non-hydrogen) atoms. The maximum atomic E-state index is 13.2.